The fourth-order valence-electron chi connectivity index (χ4n) is 2.03. The maximum Gasteiger partial charge on any atom is 0.361 e. The molecule has 2 aromatic heterocycles. The third-order valence-corrected chi connectivity index (χ3v) is 3.36. The summed E-state index contributed by atoms with van der Waals surface area (Å²) in [4.78, 5) is 12.0. The summed E-state index contributed by atoms with van der Waals surface area (Å²) < 4.78 is 8.51. The molecule has 2 aromatic rings. The summed E-state index contributed by atoms with van der Waals surface area (Å²) in [7, 11) is 1.83. The van der Waals surface area contributed by atoms with E-state index in [1.54, 1.807) is 22.5 Å². The lowest BCUT2D eigenvalue weighted by molar-refractivity contribution is 0.0520. The third-order valence-electron chi connectivity index (χ3n) is 3.36. The van der Waals surface area contributed by atoms with Crippen LogP contribution in [0, 0.1) is 5.92 Å². The highest BCUT2D eigenvalue weighted by atomic mass is 16.5. The second-order valence-electron chi connectivity index (χ2n) is 5.11. The summed E-state index contributed by atoms with van der Waals surface area (Å²) in [6.07, 6.45) is 4.57. The van der Waals surface area contributed by atoms with Crippen molar-refractivity contribution in [3.63, 3.8) is 0 Å². The zero-order valence-electron chi connectivity index (χ0n) is 12.9. The number of ether oxygens (including phenoxy) is 1. The molecule has 0 spiro atoms. The first-order valence-corrected chi connectivity index (χ1v) is 7.16. The van der Waals surface area contributed by atoms with Crippen molar-refractivity contribution in [3.8, 4) is 11.3 Å². The second-order valence-corrected chi connectivity index (χ2v) is 5.11. The van der Waals surface area contributed by atoms with Crippen LogP contribution in [-0.4, -0.2) is 37.4 Å². The van der Waals surface area contributed by atoms with Crippen molar-refractivity contribution in [1.82, 2.24) is 24.8 Å². The van der Waals surface area contributed by atoms with Crippen LogP contribution in [0.5, 0.6) is 0 Å². The van der Waals surface area contributed by atoms with Crippen LogP contribution in [0.25, 0.3) is 11.3 Å². The second kappa shape index (κ2) is 6.51. The molecule has 7 nitrogen and oxygen atoms in total. The fraction of sp³-hybridized carbons (Fsp3) is 0.571. The van der Waals surface area contributed by atoms with E-state index in [0.29, 0.717) is 24.8 Å². The van der Waals surface area contributed by atoms with E-state index in [1.807, 2.05) is 13.2 Å². The molecule has 0 amide bonds. The predicted octanol–water partition coefficient (Wildman–Crippen LogP) is 1.90. The Balaban J connectivity index is 2.44. The molecule has 0 bridgehead atoms. The van der Waals surface area contributed by atoms with Gasteiger partial charge in [0, 0.05) is 25.4 Å². The van der Waals surface area contributed by atoms with E-state index in [4.69, 9.17) is 4.74 Å². The van der Waals surface area contributed by atoms with Crippen LogP contribution in [-0.2, 0) is 18.3 Å². The lowest BCUT2D eigenvalue weighted by atomic mass is 10.1. The van der Waals surface area contributed by atoms with Gasteiger partial charge in [-0.15, -0.1) is 5.10 Å². The van der Waals surface area contributed by atoms with Gasteiger partial charge < -0.3 is 4.74 Å². The average molecular weight is 291 g/mol. The lowest BCUT2D eigenvalue weighted by Crippen LogP contribution is -2.11. The van der Waals surface area contributed by atoms with Crippen molar-refractivity contribution < 1.29 is 9.53 Å². The Morgan fingerprint density at radius 2 is 2.19 bits per heavy atom. The van der Waals surface area contributed by atoms with Crippen LogP contribution >= 0.6 is 0 Å². The number of carbonyl (C=O) groups is 1. The Morgan fingerprint density at radius 1 is 1.43 bits per heavy atom. The molecule has 2 rings (SSSR count). The molecule has 1 unspecified atom stereocenters. The van der Waals surface area contributed by atoms with Crippen molar-refractivity contribution in [2.24, 2.45) is 13.0 Å². The standard InChI is InChI=1S/C14H21N5O2/c1-5-10(3)8-19-13(11-7-15-18(4)9-11)12(16-17-19)14(20)21-6-2/h7,9-10H,5-6,8H2,1-4H3. The van der Waals surface area contributed by atoms with Gasteiger partial charge in [-0.25, -0.2) is 9.48 Å². The van der Waals surface area contributed by atoms with Crippen LogP contribution in [0.15, 0.2) is 12.4 Å². The fourth-order valence-corrected chi connectivity index (χ4v) is 2.03. The zero-order chi connectivity index (χ0) is 15.4. The summed E-state index contributed by atoms with van der Waals surface area (Å²) >= 11 is 0. The molecule has 0 fully saturated rings. The van der Waals surface area contributed by atoms with Crippen molar-refractivity contribution in [1.29, 1.82) is 0 Å². The monoisotopic (exact) mass is 291 g/mol. The molecule has 7 heteroatoms. The summed E-state index contributed by atoms with van der Waals surface area (Å²) in [5, 5.41) is 12.3. The first-order valence-electron chi connectivity index (χ1n) is 7.16. The third kappa shape index (κ3) is 3.29. The van der Waals surface area contributed by atoms with E-state index in [-0.39, 0.29) is 5.69 Å². The van der Waals surface area contributed by atoms with Gasteiger partial charge in [-0.2, -0.15) is 5.10 Å². The molecule has 114 valence electrons. The highest BCUT2D eigenvalue weighted by molar-refractivity contribution is 5.93. The first kappa shape index (κ1) is 15.2. The van der Waals surface area contributed by atoms with Crippen molar-refractivity contribution in [2.45, 2.75) is 33.7 Å². The molecule has 0 saturated carbocycles. The number of carbonyl (C=O) groups excluding carboxylic acids is 1. The number of esters is 1. The molecule has 1 atom stereocenters. The first-order chi connectivity index (χ1) is 10.1. The van der Waals surface area contributed by atoms with Gasteiger partial charge >= 0.3 is 5.97 Å². The van der Waals surface area contributed by atoms with Gasteiger partial charge in [-0.3, -0.25) is 4.68 Å². The molecule has 0 N–H and O–H groups in total. The predicted molar refractivity (Wildman–Crippen MR) is 77.6 cm³/mol. The maximum absolute atomic E-state index is 12.0. The van der Waals surface area contributed by atoms with E-state index >= 15 is 0 Å². The normalized spacial score (nSPS) is 12.4. The highest BCUT2D eigenvalue weighted by Crippen LogP contribution is 2.23. The Hall–Kier alpha value is -2.18. The minimum Gasteiger partial charge on any atom is -0.461 e. The van der Waals surface area contributed by atoms with E-state index < -0.39 is 5.97 Å². The van der Waals surface area contributed by atoms with Gasteiger partial charge in [0.15, 0.2) is 5.69 Å². The van der Waals surface area contributed by atoms with Crippen LogP contribution in [0.2, 0.25) is 0 Å². The molecule has 0 aromatic carbocycles. The molecule has 0 aliphatic carbocycles. The van der Waals surface area contributed by atoms with Crippen LogP contribution in [0.4, 0.5) is 0 Å². The molecule has 21 heavy (non-hydrogen) atoms. The minimum absolute atomic E-state index is 0.244. The topological polar surface area (TPSA) is 74.8 Å². The van der Waals surface area contributed by atoms with Crippen LogP contribution < -0.4 is 0 Å². The lowest BCUT2D eigenvalue weighted by Gasteiger charge is -2.10. The average Bonchev–Trinajstić information content (AvgIpc) is 3.05. The van der Waals surface area contributed by atoms with Gasteiger partial charge in [-0.05, 0) is 12.8 Å². The molecule has 0 radical (unpaired) electrons. The number of hydrogen-bond acceptors (Lipinski definition) is 5. The van der Waals surface area contributed by atoms with E-state index in [2.05, 4.69) is 29.3 Å². The Labute approximate surface area is 123 Å². The SMILES string of the molecule is CCOC(=O)c1nnn(CC(C)CC)c1-c1cnn(C)c1. The number of rotatable bonds is 6. The molecular weight excluding hydrogens is 270 g/mol. The number of aromatic nitrogens is 5. The van der Waals surface area contributed by atoms with Crippen molar-refractivity contribution >= 4 is 5.97 Å². The van der Waals surface area contributed by atoms with Gasteiger partial charge in [-0.1, -0.05) is 25.5 Å². The number of hydrogen-bond donors (Lipinski definition) is 0. The Bertz CT molecular complexity index is 617. The zero-order valence-corrected chi connectivity index (χ0v) is 12.9. The molecule has 0 saturated heterocycles. The number of aryl methyl sites for hydroxylation is 1. The Kier molecular flexibility index (Phi) is 4.72. The smallest absolute Gasteiger partial charge is 0.361 e. The summed E-state index contributed by atoms with van der Waals surface area (Å²) in [5.41, 5.74) is 1.73. The van der Waals surface area contributed by atoms with E-state index in [0.717, 1.165) is 12.0 Å². The highest BCUT2D eigenvalue weighted by Gasteiger charge is 2.23. The van der Waals surface area contributed by atoms with Gasteiger partial charge in [0.05, 0.1) is 12.8 Å². The molecule has 0 aliphatic heterocycles. The molecule has 2 heterocycles. The molecular formula is C14H21N5O2. The van der Waals surface area contributed by atoms with E-state index in [1.165, 1.54) is 0 Å². The van der Waals surface area contributed by atoms with E-state index in [9.17, 15) is 4.79 Å². The maximum atomic E-state index is 12.0. The van der Waals surface area contributed by atoms with Crippen LogP contribution in [0.1, 0.15) is 37.7 Å². The summed E-state index contributed by atoms with van der Waals surface area (Å²) in [5.74, 6) is -0.0103. The Morgan fingerprint density at radius 3 is 2.76 bits per heavy atom. The largest absolute Gasteiger partial charge is 0.461 e. The van der Waals surface area contributed by atoms with Gasteiger partial charge in [0.2, 0.25) is 0 Å². The van der Waals surface area contributed by atoms with Gasteiger partial charge in [0.25, 0.3) is 0 Å². The summed E-state index contributed by atoms with van der Waals surface area (Å²) in [6, 6.07) is 0. The molecule has 0 aliphatic rings. The quantitative estimate of drug-likeness (QED) is 0.760. The van der Waals surface area contributed by atoms with Crippen molar-refractivity contribution in [3.05, 3.63) is 18.1 Å². The van der Waals surface area contributed by atoms with Crippen LogP contribution in [0.3, 0.4) is 0 Å². The minimum atomic E-state index is -0.452. The summed E-state index contributed by atoms with van der Waals surface area (Å²) in [6.45, 7) is 7.04. The van der Waals surface area contributed by atoms with Crippen molar-refractivity contribution in [2.75, 3.05) is 6.61 Å². The number of nitrogens with zero attached hydrogens (tertiary/aromatic N) is 5. The van der Waals surface area contributed by atoms with Gasteiger partial charge in [0.1, 0.15) is 5.69 Å².